The molecule has 1 rings (SSSR count). The van der Waals surface area contributed by atoms with Crippen LogP contribution in [0.15, 0.2) is 11.8 Å². The van der Waals surface area contributed by atoms with Crippen LogP contribution in [0.25, 0.3) is 0 Å². The zero-order valence-corrected chi connectivity index (χ0v) is 6.87. The lowest BCUT2D eigenvalue weighted by Gasteiger charge is -2.25. The predicted octanol–water partition coefficient (Wildman–Crippen LogP) is 0.926. The van der Waals surface area contributed by atoms with Crippen LogP contribution in [0.1, 0.15) is 13.3 Å². The highest BCUT2D eigenvalue weighted by atomic mass is 16.4. The van der Waals surface area contributed by atoms with Crippen LogP contribution in [-0.4, -0.2) is 29.6 Å². The summed E-state index contributed by atoms with van der Waals surface area (Å²) < 4.78 is 0. The molecular formula is C8H13NO2. The fourth-order valence-electron chi connectivity index (χ4n) is 1.45. The van der Waals surface area contributed by atoms with E-state index in [-0.39, 0.29) is 0 Å². The van der Waals surface area contributed by atoms with Gasteiger partial charge in [-0.15, -0.1) is 0 Å². The van der Waals surface area contributed by atoms with Crippen molar-refractivity contribution in [2.75, 3.05) is 13.6 Å². The molecule has 1 N–H and O–H groups in total. The first-order valence-electron chi connectivity index (χ1n) is 3.74. The van der Waals surface area contributed by atoms with Crippen LogP contribution >= 0.6 is 0 Å². The Balaban J connectivity index is 2.72. The molecule has 0 amide bonds. The van der Waals surface area contributed by atoms with E-state index in [1.165, 1.54) is 0 Å². The van der Waals surface area contributed by atoms with Gasteiger partial charge in [0.2, 0.25) is 0 Å². The number of carboxylic acid groups (broad SMARTS) is 1. The summed E-state index contributed by atoms with van der Waals surface area (Å²) in [5.41, 5.74) is 0.520. The smallest absolute Gasteiger partial charge is 0.333 e. The van der Waals surface area contributed by atoms with Crippen molar-refractivity contribution in [1.29, 1.82) is 0 Å². The van der Waals surface area contributed by atoms with Crippen molar-refractivity contribution < 1.29 is 9.90 Å². The highest BCUT2D eigenvalue weighted by molar-refractivity contribution is 5.86. The van der Waals surface area contributed by atoms with Crippen molar-refractivity contribution in [2.45, 2.75) is 13.3 Å². The summed E-state index contributed by atoms with van der Waals surface area (Å²) in [5, 5.41) is 8.68. The third-order valence-corrected chi connectivity index (χ3v) is 1.82. The molecule has 62 valence electrons. The first-order valence-corrected chi connectivity index (χ1v) is 3.74. The Hall–Kier alpha value is -0.990. The van der Waals surface area contributed by atoms with Crippen molar-refractivity contribution >= 4 is 5.97 Å². The lowest BCUT2D eigenvalue weighted by Crippen LogP contribution is -2.26. The van der Waals surface area contributed by atoms with Crippen LogP contribution < -0.4 is 0 Å². The second kappa shape index (κ2) is 2.95. The molecule has 0 saturated heterocycles. The monoisotopic (exact) mass is 155 g/mol. The van der Waals surface area contributed by atoms with E-state index in [0.29, 0.717) is 17.9 Å². The average Bonchev–Trinajstić information content (AvgIpc) is 1.85. The Bertz CT molecular complexity index is 198. The largest absolute Gasteiger partial charge is 0.478 e. The van der Waals surface area contributed by atoms with E-state index in [9.17, 15) is 4.79 Å². The number of hydrogen-bond acceptors (Lipinski definition) is 2. The molecular weight excluding hydrogens is 142 g/mol. The standard InChI is InChI=1S/C8H13NO2/c1-6-3-7(8(10)11)5-9(2)4-6/h5-6H,3-4H2,1-2H3,(H,10,11)/t6-/m0/s1. The van der Waals surface area contributed by atoms with Crippen LogP contribution in [0.5, 0.6) is 0 Å². The maximum absolute atomic E-state index is 10.6. The number of nitrogens with zero attached hydrogens (tertiary/aromatic N) is 1. The molecule has 1 atom stereocenters. The third kappa shape index (κ3) is 1.97. The maximum Gasteiger partial charge on any atom is 0.333 e. The van der Waals surface area contributed by atoms with Crippen molar-refractivity contribution in [2.24, 2.45) is 5.92 Å². The molecule has 0 saturated carbocycles. The SMILES string of the molecule is C[C@H]1CC(C(=O)O)=CN(C)C1. The third-order valence-electron chi connectivity index (χ3n) is 1.82. The molecule has 0 radical (unpaired) electrons. The van der Waals surface area contributed by atoms with Gasteiger partial charge >= 0.3 is 5.97 Å². The second-order valence-corrected chi connectivity index (χ2v) is 3.21. The van der Waals surface area contributed by atoms with E-state index in [1.54, 1.807) is 6.20 Å². The molecule has 0 aromatic carbocycles. The lowest BCUT2D eigenvalue weighted by atomic mass is 9.98. The minimum atomic E-state index is -0.789. The molecule has 0 unspecified atom stereocenters. The summed E-state index contributed by atoms with van der Waals surface area (Å²) in [4.78, 5) is 12.5. The summed E-state index contributed by atoms with van der Waals surface area (Å²) >= 11 is 0. The first kappa shape index (κ1) is 8.11. The fourth-order valence-corrected chi connectivity index (χ4v) is 1.45. The van der Waals surface area contributed by atoms with Crippen LogP contribution in [0.3, 0.4) is 0 Å². The van der Waals surface area contributed by atoms with Crippen LogP contribution in [0, 0.1) is 5.92 Å². The van der Waals surface area contributed by atoms with Crippen molar-refractivity contribution in [3.63, 3.8) is 0 Å². The molecule has 3 heteroatoms. The van der Waals surface area contributed by atoms with Crippen LogP contribution in [-0.2, 0) is 4.79 Å². The van der Waals surface area contributed by atoms with Gasteiger partial charge in [-0.1, -0.05) is 6.92 Å². The molecule has 3 nitrogen and oxygen atoms in total. The van der Waals surface area contributed by atoms with Gasteiger partial charge in [0.05, 0.1) is 5.57 Å². The van der Waals surface area contributed by atoms with Gasteiger partial charge in [0.25, 0.3) is 0 Å². The molecule has 0 aliphatic carbocycles. The number of aliphatic carboxylic acids is 1. The van der Waals surface area contributed by atoms with Gasteiger partial charge in [-0.25, -0.2) is 4.79 Å². The number of rotatable bonds is 1. The Morgan fingerprint density at radius 3 is 2.91 bits per heavy atom. The van der Waals surface area contributed by atoms with Crippen molar-refractivity contribution in [1.82, 2.24) is 4.90 Å². The zero-order valence-electron chi connectivity index (χ0n) is 6.87. The predicted molar refractivity (Wildman–Crippen MR) is 42.1 cm³/mol. The highest BCUT2D eigenvalue weighted by Crippen LogP contribution is 2.18. The molecule has 1 aliphatic rings. The van der Waals surface area contributed by atoms with E-state index in [2.05, 4.69) is 6.92 Å². The van der Waals surface area contributed by atoms with Crippen LogP contribution in [0.2, 0.25) is 0 Å². The van der Waals surface area contributed by atoms with Gasteiger partial charge in [0.15, 0.2) is 0 Å². The highest BCUT2D eigenvalue weighted by Gasteiger charge is 2.18. The van der Waals surface area contributed by atoms with Gasteiger partial charge in [0.1, 0.15) is 0 Å². The Morgan fingerprint density at radius 1 is 1.82 bits per heavy atom. The molecule has 1 aliphatic heterocycles. The molecule has 11 heavy (non-hydrogen) atoms. The number of hydrogen-bond donors (Lipinski definition) is 1. The van der Waals surface area contributed by atoms with Gasteiger partial charge in [0, 0.05) is 19.8 Å². The minimum absolute atomic E-state index is 0.455. The van der Waals surface area contributed by atoms with Gasteiger partial charge in [-0.2, -0.15) is 0 Å². The maximum atomic E-state index is 10.6. The van der Waals surface area contributed by atoms with E-state index >= 15 is 0 Å². The quantitative estimate of drug-likeness (QED) is 0.612. The Labute approximate surface area is 66.3 Å². The van der Waals surface area contributed by atoms with Crippen LogP contribution in [0.4, 0.5) is 0 Å². The number of carboxylic acids is 1. The van der Waals surface area contributed by atoms with Gasteiger partial charge in [-0.3, -0.25) is 0 Å². The molecule has 0 aromatic rings. The normalized spacial score (nSPS) is 24.7. The van der Waals surface area contributed by atoms with Gasteiger partial charge in [-0.05, 0) is 12.3 Å². The molecule has 0 fully saturated rings. The van der Waals surface area contributed by atoms with E-state index in [0.717, 1.165) is 6.54 Å². The molecule has 0 spiro atoms. The van der Waals surface area contributed by atoms with Crippen molar-refractivity contribution in [3.05, 3.63) is 11.8 Å². The summed E-state index contributed by atoms with van der Waals surface area (Å²) in [6.07, 6.45) is 2.40. The molecule has 0 aromatic heterocycles. The minimum Gasteiger partial charge on any atom is -0.478 e. The van der Waals surface area contributed by atoms with E-state index in [4.69, 9.17) is 5.11 Å². The summed E-state index contributed by atoms with van der Waals surface area (Å²) in [7, 11) is 1.90. The second-order valence-electron chi connectivity index (χ2n) is 3.21. The molecule has 0 bridgehead atoms. The Morgan fingerprint density at radius 2 is 2.45 bits per heavy atom. The topological polar surface area (TPSA) is 40.5 Å². The fraction of sp³-hybridized carbons (Fsp3) is 0.625. The average molecular weight is 155 g/mol. The molecule has 1 heterocycles. The van der Waals surface area contributed by atoms with E-state index < -0.39 is 5.97 Å². The summed E-state index contributed by atoms with van der Waals surface area (Å²) in [5.74, 6) is -0.334. The Kier molecular flexibility index (Phi) is 2.17. The van der Waals surface area contributed by atoms with Crippen molar-refractivity contribution in [3.8, 4) is 0 Å². The van der Waals surface area contributed by atoms with Gasteiger partial charge < -0.3 is 10.0 Å². The summed E-state index contributed by atoms with van der Waals surface area (Å²) in [6.45, 7) is 3.02. The zero-order chi connectivity index (χ0) is 8.43. The number of carbonyl (C=O) groups is 1. The first-order chi connectivity index (χ1) is 5.09. The lowest BCUT2D eigenvalue weighted by molar-refractivity contribution is -0.133. The summed E-state index contributed by atoms with van der Waals surface area (Å²) in [6, 6.07) is 0. The van der Waals surface area contributed by atoms with E-state index in [1.807, 2.05) is 11.9 Å².